The second-order valence-corrected chi connectivity index (χ2v) is 9.01. The zero-order chi connectivity index (χ0) is 24.1. The summed E-state index contributed by atoms with van der Waals surface area (Å²) in [4.78, 5) is 36.1. The zero-order valence-electron chi connectivity index (χ0n) is 18.2. The summed E-state index contributed by atoms with van der Waals surface area (Å²) in [5.74, 6) is -0.464. The Balaban J connectivity index is 1.33. The molecule has 0 aliphatic rings. The Morgan fingerprint density at radius 1 is 0.824 bits per heavy atom. The third kappa shape index (κ3) is 5.60. The lowest BCUT2D eigenvalue weighted by atomic mass is 10.1. The molecule has 0 heterocycles. The fourth-order valence-electron chi connectivity index (χ4n) is 3.32. The Bertz CT molecular complexity index is 1350. The smallest absolute Gasteiger partial charge is 0.269 e. The van der Waals surface area contributed by atoms with Crippen LogP contribution in [0.5, 0.6) is 0 Å². The number of nitro groups is 1. The van der Waals surface area contributed by atoms with Crippen molar-refractivity contribution in [1.29, 1.82) is 0 Å². The van der Waals surface area contributed by atoms with Gasteiger partial charge in [0.2, 0.25) is 5.91 Å². The van der Waals surface area contributed by atoms with E-state index in [9.17, 15) is 19.7 Å². The van der Waals surface area contributed by atoms with Crippen molar-refractivity contribution in [2.24, 2.45) is 0 Å². The molecule has 8 heteroatoms. The Morgan fingerprint density at radius 2 is 1.47 bits per heavy atom. The van der Waals surface area contributed by atoms with Gasteiger partial charge in [-0.05, 0) is 66.2 Å². The van der Waals surface area contributed by atoms with Crippen molar-refractivity contribution in [2.45, 2.75) is 17.1 Å². The minimum atomic E-state index is -0.513. The first-order valence-electron chi connectivity index (χ1n) is 10.5. The van der Waals surface area contributed by atoms with Gasteiger partial charge in [-0.2, -0.15) is 0 Å². The highest BCUT2D eigenvalue weighted by molar-refractivity contribution is 8.00. The minimum absolute atomic E-state index is 0.0725. The Hall–Kier alpha value is -4.17. The average Bonchev–Trinajstić information content (AvgIpc) is 2.85. The molecule has 0 radical (unpaired) electrons. The van der Waals surface area contributed by atoms with Crippen molar-refractivity contribution in [3.63, 3.8) is 0 Å². The molecule has 0 saturated carbocycles. The van der Waals surface area contributed by atoms with Gasteiger partial charge in [0.05, 0.1) is 10.2 Å². The molecule has 0 spiro atoms. The summed E-state index contributed by atoms with van der Waals surface area (Å²) in [6.07, 6.45) is 0. The molecule has 1 atom stereocenters. The van der Waals surface area contributed by atoms with Crippen LogP contribution in [0.2, 0.25) is 0 Å². The van der Waals surface area contributed by atoms with E-state index in [2.05, 4.69) is 10.6 Å². The second kappa shape index (κ2) is 10.2. The molecular weight excluding hydrogens is 450 g/mol. The predicted octanol–water partition coefficient (Wildman–Crippen LogP) is 6.12. The fraction of sp³-hybridized carbons (Fsp3) is 0.0769. The molecule has 4 rings (SSSR count). The number of anilines is 2. The lowest BCUT2D eigenvalue weighted by Crippen LogP contribution is -2.22. The molecule has 0 aliphatic carbocycles. The van der Waals surface area contributed by atoms with Crippen LogP contribution in [0, 0.1) is 10.1 Å². The third-order valence-electron chi connectivity index (χ3n) is 5.15. The summed E-state index contributed by atoms with van der Waals surface area (Å²) >= 11 is 1.41. The summed E-state index contributed by atoms with van der Waals surface area (Å²) < 4.78 is 0. The van der Waals surface area contributed by atoms with Crippen LogP contribution < -0.4 is 10.6 Å². The molecule has 0 bridgehead atoms. The van der Waals surface area contributed by atoms with Gasteiger partial charge < -0.3 is 10.6 Å². The molecule has 4 aromatic carbocycles. The van der Waals surface area contributed by atoms with Crippen molar-refractivity contribution in [3.8, 4) is 0 Å². The maximum Gasteiger partial charge on any atom is 0.269 e. The third-order valence-corrected chi connectivity index (χ3v) is 6.26. The van der Waals surface area contributed by atoms with Gasteiger partial charge in [0.1, 0.15) is 0 Å². The van der Waals surface area contributed by atoms with E-state index >= 15 is 0 Å². The summed E-state index contributed by atoms with van der Waals surface area (Å²) in [5.41, 5.74) is 1.58. The SMILES string of the molecule is CC(Sc1ccc(NC(=O)c2ccc([N+](=O)[O-])cc2)cc1)C(=O)Nc1ccc2ccccc2c1. The number of amides is 2. The van der Waals surface area contributed by atoms with E-state index < -0.39 is 4.92 Å². The zero-order valence-corrected chi connectivity index (χ0v) is 19.0. The van der Waals surface area contributed by atoms with Crippen LogP contribution in [-0.4, -0.2) is 22.0 Å². The van der Waals surface area contributed by atoms with Crippen LogP contribution >= 0.6 is 11.8 Å². The van der Waals surface area contributed by atoms with Gasteiger partial charge in [0, 0.05) is 34.0 Å². The average molecular weight is 472 g/mol. The molecule has 1 unspecified atom stereocenters. The lowest BCUT2D eigenvalue weighted by Gasteiger charge is -2.13. The van der Waals surface area contributed by atoms with Crippen LogP contribution in [0.25, 0.3) is 10.8 Å². The van der Waals surface area contributed by atoms with E-state index in [0.717, 1.165) is 21.4 Å². The fourth-order valence-corrected chi connectivity index (χ4v) is 4.19. The van der Waals surface area contributed by atoms with E-state index in [1.165, 1.54) is 36.0 Å². The summed E-state index contributed by atoms with van der Waals surface area (Å²) in [6, 6.07) is 26.3. The highest BCUT2D eigenvalue weighted by Gasteiger charge is 2.15. The molecule has 0 fully saturated rings. The molecule has 4 aromatic rings. The number of nitro benzene ring substituents is 1. The van der Waals surface area contributed by atoms with Crippen LogP contribution in [0.15, 0.2) is 95.9 Å². The number of benzene rings is 4. The van der Waals surface area contributed by atoms with Crippen LogP contribution in [0.3, 0.4) is 0 Å². The number of fused-ring (bicyclic) bond motifs is 1. The number of hydrogen-bond acceptors (Lipinski definition) is 5. The molecule has 34 heavy (non-hydrogen) atoms. The molecule has 2 amide bonds. The van der Waals surface area contributed by atoms with Gasteiger partial charge in [-0.25, -0.2) is 0 Å². The van der Waals surface area contributed by atoms with E-state index in [1.54, 1.807) is 12.1 Å². The number of carbonyl (C=O) groups excluding carboxylic acids is 2. The molecular formula is C26H21N3O4S. The highest BCUT2D eigenvalue weighted by Crippen LogP contribution is 2.26. The number of rotatable bonds is 7. The monoisotopic (exact) mass is 471 g/mol. The Morgan fingerprint density at radius 3 is 2.15 bits per heavy atom. The number of nitrogens with one attached hydrogen (secondary N) is 2. The van der Waals surface area contributed by atoms with Gasteiger partial charge in [-0.1, -0.05) is 30.3 Å². The highest BCUT2D eigenvalue weighted by atomic mass is 32.2. The first kappa shape index (κ1) is 23.0. The van der Waals surface area contributed by atoms with Crippen LogP contribution in [0.1, 0.15) is 17.3 Å². The predicted molar refractivity (Wildman–Crippen MR) is 135 cm³/mol. The summed E-state index contributed by atoms with van der Waals surface area (Å²) in [7, 11) is 0. The first-order valence-corrected chi connectivity index (χ1v) is 11.4. The van der Waals surface area contributed by atoms with E-state index in [1.807, 2.05) is 61.5 Å². The first-order chi connectivity index (χ1) is 16.4. The van der Waals surface area contributed by atoms with Gasteiger partial charge in [0.15, 0.2) is 0 Å². The normalized spacial score (nSPS) is 11.6. The largest absolute Gasteiger partial charge is 0.325 e. The van der Waals surface area contributed by atoms with E-state index in [-0.39, 0.29) is 22.8 Å². The molecule has 7 nitrogen and oxygen atoms in total. The standard InChI is InChI=1S/C26H21N3O4S/c1-17(25(30)28-22-9-6-18-4-2-3-5-20(18)16-22)34-24-14-10-21(11-15-24)27-26(31)19-7-12-23(13-8-19)29(32)33/h2-17H,1H3,(H,27,31)(H,28,30). The molecule has 170 valence electrons. The molecule has 0 aromatic heterocycles. The van der Waals surface area contributed by atoms with Crippen molar-refractivity contribution < 1.29 is 14.5 Å². The van der Waals surface area contributed by atoms with Gasteiger partial charge >= 0.3 is 0 Å². The van der Waals surface area contributed by atoms with Gasteiger partial charge in [-0.3, -0.25) is 19.7 Å². The van der Waals surface area contributed by atoms with Crippen molar-refractivity contribution in [2.75, 3.05) is 10.6 Å². The molecule has 2 N–H and O–H groups in total. The lowest BCUT2D eigenvalue weighted by molar-refractivity contribution is -0.384. The van der Waals surface area contributed by atoms with E-state index in [0.29, 0.717) is 11.3 Å². The van der Waals surface area contributed by atoms with Crippen LogP contribution in [0.4, 0.5) is 17.1 Å². The second-order valence-electron chi connectivity index (χ2n) is 7.59. The maximum atomic E-state index is 12.7. The van der Waals surface area contributed by atoms with Crippen molar-refractivity contribution in [3.05, 3.63) is 107 Å². The number of hydrogen-bond donors (Lipinski definition) is 2. The number of nitrogens with zero attached hydrogens (tertiary/aromatic N) is 1. The van der Waals surface area contributed by atoms with Gasteiger partial charge in [0.25, 0.3) is 11.6 Å². The molecule has 0 saturated heterocycles. The van der Waals surface area contributed by atoms with Crippen molar-refractivity contribution in [1.82, 2.24) is 0 Å². The van der Waals surface area contributed by atoms with E-state index in [4.69, 9.17) is 0 Å². The maximum absolute atomic E-state index is 12.7. The Kier molecular flexibility index (Phi) is 6.89. The quantitative estimate of drug-likeness (QED) is 0.192. The number of thioether (sulfide) groups is 1. The Labute approximate surface area is 200 Å². The van der Waals surface area contributed by atoms with Crippen LogP contribution in [-0.2, 0) is 4.79 Å². The van der Waals surface area contributed by atoms with Gasteiger partial charge in [-0.15, -0.1) is 11.8 Å². The van der Waals surface area contributed by atoms with Crippen molar-refractivity contribution >= 4 is 51.4 Å². The number of carbonyl (C=O) groups is 2. The topological polar surface area (TPSA) is 101 Å². The molecule has 0 aliphatic heterocycles. The minimum Gasteiger partial charge on any atom is -0.325 e. The summed E-state index contributed by atoms with van der Waals surface area (Å²) in [5, 5.41) is 18.3. The number of non-ortho nitro benzene ring substituents is 1. The summed E-state index contributed by atoms with van der Waals surface area (Å²) in [6.45, 7) is 1.84.